The van der Waals surface area contributed by atoms with Crippen LogP contribution in [0.3, 0.4) is 0 Å². The van der Waals surface area contributed by atoms with E-state index < -0.39 is 0 Å². The first-order valence-electron chi connectivity index (χ1n) is 8.21. The highest BCUT2D eigenvalue weighted by Crippen LogP contribution is 2.22. The van der Waals surface area contributed by atoms with E-state index >= 15 is 0 Å². The molecule has 3 rings (SSSR count). The van der Waals surface area contributed by atoms with Gasteiger partial charge in [-0.15, -0.1) is 4.91 Å². The smallest absolute Gasteiger partial charge is 0.108 e. The highest BCUT2D eigenvalue weighted by Gasteiger charge is 2.07. The second kappa shape index (κ2) is 8.45. The van der Waals surface area contributed by atoms with Crippen molar-refractivity contribution in [2.24, 2.45) is 26.4 Å². The SMILES string of the molecule is CC1C#CC(=N)C=CC1=NNc1ccc(N=Nc2ccc(N=O)cc2)cc1. The molecule has 0 aromatic heterocycles. The zero-order valence-electron chi connectivity index (χ0n) is 14.5. The van der Waals surface area contributed by atoms with Gasteiger partial charge in [-0.3, -0.25) is 10.8 Å². The van der Waals surface area contributed by atoms with Crippen molar-refractivity contribution in [2.45, 2.75) is 6.92 Å². The Balaban J connectivity index is 1.65. The summed E-state index contributed by atoms with van der Waals surface area (Å²) in [5, 5.41) is 23.1. The zero-order chi connectivity index (χ0) is 19.1. The van der Waals surface area contributed by atoms with E-state index in [1.54, 1.807) is 36.4 Å². The molecule has 132 valence electrons. The summed E-state index contributed by atoms with van der Waals surface area (Å²) in [6, 6.07) is 13.8. The Bertz CT molecular complexity index is 992. The van der Waals surface area contributed by atoms with Gasteiger partial charge in [0.2, 0.25) is 0 Å². The van der Waals surface area contributed by atoms with Crippen LogP contribution < -0.4 is 5.43 Å². The average Bonchev–Trinajstić information content (AvgIpc) is 2.87. The molecule has 1 unspecified atom stereocenters. The highest BCUT2D eigenvalue weighted by molar-refractivity contribution is 6.13. The van der Waals surface area contributed by atoms with Crippen LogP contribution in [0.2, 0.25) is 0 Å². The van der Waals surface area contributed by atoms with Gasteiger partial charge in [0.15, 0.2) is 0 Å². The van der Waals surface area contributed by atoms with Gasteiger partial charge in [0.1, 0.15) is 11.4 Å². The molecule has 0 spiro atoms. The summed E-state index contributed by atoms with van der Waals surface area (Å²) in [5.41, 5.74) is 6.51. The highest BCUT2D eigenvalue weighted by atomic mass is 16.3. The molecule has 1 aliphatic rings. The quantitative estimate of drug-likeness (QED) is 0.320. The molecule has 2 aromatic carbocycles. The molecule has 27 heavy (non-hydrogen) atoms. The van der Waals surface area contributed by atoms with Crippen molar-refractivity contribution in [3.05, 3.63) is 65.6 Å². The van der Waals surface area contributed by atoms with E-state index in [4.69, 9.17) is 5.41 Å². The van der Waals surface area contributed by atoms with E-state index in [1.807, 2.05) is 31.2 Å². The number of rotatable bonds is 5. The first-order valence-corrected chi connectivity index (χ1v) is 8.21. The van der Waals surface area contributed by atoms with Gasteiger partial charge in [-0.2, -0.15) is 15.3 Å². The van der Waals surface area contributed by atoms with Crippen molar-refractivity contribution >= 4 is 34.2 Å². The summed E-state index contributed by atoms with van der Waals surface area (Å²) < 4.78 is 0. The molecule has 1 atom stereocenters. The fraction of sp³-hybridized carbons (Fsp3) is 0.100. The molecule has 0 radical (unpaired) electrons. The second-order valence-electron chi connectivity index (χ2n) is 5.74. The Labute approximate surface area is 156 Å². The Morgan fingerprint density at radius 3 is 2.15 bits per heavy atom. The molecule has 2 aromatic rings. The van der Waals surface area contributed by atoms with Crippen molar-refractivity contribution < 1.29 is 0 Å². The lowest BCUT2D eigenvalue weighted by molar-refractivity contribution is 1.04. The van der Waals surface area contributed by atoms with Crippen molar-refractivity contribution in [2.75, 3.05) is 5.43 Å². The summed E-state index contributed by atoms with van der Waals surface area (Å²) in [6.07, 6.45) is 3.42. The van der Waals surface area contributed by atoms with Gasteiger partial charge in [-0.25, -0.2) is 0 Å². The number of allylic oxidation sites excluding steroid dienone is 2. The Kier molecular flexibility index (Phi) is 5.60. The number of nitroso groups, excluding NO2 is 1. The Hall–Kier alpha value is -3.92. The van der Waals surface area contributed by atoms with Crippen molar-refractivity contribution in [1.29, 1.82) is 5.41 Å². The number of nitrogens with one attached hydrogen (secondary N) is 2. The number of nitrogens with zero attached hydrogens (tertiary/aromatic N) is 4. The molecule has 7 nitrogen and oxygen atoms in total. The van der Waals surface area contributed by atoms with Gasteiger partial charge >= 0.3 is 0 Å². The molecule has 7 heteroatoms. The fourth-order valence-corrected chi connectivity index (χ4v) is 2.18. The van der Waals surface area contributed by atoms with E-state index in [-0.39, 0.29) is 11.6 Å². The maximum atomic E-state index is 10.4. The number of hydrogen-bond acceptors (Lipinski definition) is 7. The number of hydrazone groups is 1. The van der Waals surface area contributed by atoms with Gasteiger partial charge in [-0.1, -0.05) is 5.92 Å². The van der Waals surface area contributed by atoms with E-state index in [0.717, 1.165) is 11.4 Å². The van der Waals surface area contributed by atoms with E-state index in [0.29, 0.717) is 17.1 Å². The molecular weight excluding hydrogens is 340 g/mol. The number of anilines is 1. The molecule has 0 fully saturated rings. The molecule has 0 amide bonds. The van der Waals surface area contributed by atoms with Crippen LogP contribution in [0.5, 0.6) is 0 Å². The van der Waals surface area contributed by atoms with E-state index in [1.165, 1.54) is 0 Å². The van der Waals surface area contributed by atoms with Crippen LogP contribution in [0, 0.1) is 28.1 Å². The molecule has 1 aliphatic carbocycles. The third-order valence-electron chi connectivity index (χ3n) is 3.71. The molecule has 0 bridgehead atoms. The predicted octanol–water partition coefficient (Wildman–Crippen LogP) is 5.50. The van der Waals surface area contributed by atoms with Crippen LogP contribution in [0.25, 0.3) is 0 Å². The van der Waals surface area contributed by atoms with Crippen LogP contribution in [-0.2, 0) is 0 Å². The van der Waals surface area contributed by atoms with Crippen LogP contribution in [0.15, 0.2) is 81.2 Å². The summed E-state index contributed by atoms with van der Waals surface area (Å²) >= 11 is 0. The van der Waals surface area contributed by atoms with Gasteiger partial charge in [-0.05, 0) is 78.7 Å². The summed E-state index contributed by atoms with van der Waals surface area (Å²) in [5.74, 6) is 5.68. The summed E-state index contributed by atoms with van der Waals surface area (Å²) in [6.45, 7) is 1.94. The lowest BCUT2D eigenvalue weighted by Crippen LogP contribution is -2.08. The van der Waals surface area contributed by atoms with Gasteiger partial charge < -0.3 is 0 Å². The normalized spacial score (nSPS) is 17.4. The van der Waals surface area contributed by atoms with E-state index in [2.05, 4.69) is 37.8 Å². The topological polar surface area (TPSA) is 102 Å². The fourth-order valence-electron chi connectivity index (χ4n) is 2.18. The first kappa shape index (κ1) is 17.9. The monoisotopic (exact) mass is 356 g/mol. The average molecular weight is 356 g/mol. The molecule has 0 aliphatic heterocycles. The van der Waals surface area contributed by atoms with E-state index in [9.17, 15) is 4.91 Å². The van der Waals surface area contributed by atoms with Crippen LogP contribution >= 0.6 is 0 Å². The summed E-state index contributed by atoms with van der Waals surface area (Å²) in [4.78, 5) is 10.4. The Morgan fingerprint density at radius 2 is 1.52 bits per heavy atom. The minimum Gasteiger partial charge on any atom is -0.292 e. The molecular formula is C20H16N6O. The van der Waals surface area contributed by atoms with Crippen molar-refractivity contribution in [1.82, 2.24) is 0 Å². The predicted molar refractivity (Wildman–Crippen MR) is 107 cm³/mol. The molecule has 2 N–H and O–H groups in total. The molecule has 0 heterocycles. The second-order valence-corrected chi connectivity index (χ2v) is 5.74. The number of benzene rings is 2. The van der Waals surface area contributed by atoms with Gasteiger partial charge in [0.25, 0.3) is 0 Å². The third-order valence-corrected chi connectivity index (χ3v) is 3.71. The maximum Gasteiger partial charge on any atom is 0.108 e. The van der Waals surface area contributed by atoms with Crippen molar-refractivity contribution in [3.63, 3.8) is 0 Å². The maximum absolute atomic E-state index is 10.4. The minimum atomic E-state index is -0.0505. The van der Waals surface area contributed by atoms with Crippen LogP contribution in [0.1, 0.15) is 6.92 Å². The van der Waals surface area contributed by atoms with Gasteiger partial charge in [0.05, 0.1) is 28.7 Å². The molecule has 0 saturated carbocycles. The minimum absolute atomic E-state index is 0.0505. The number of hydrogen-bond donors (Lipinski definition) is 2. The lowest BCUT2D eigenvalue weighted by atomic mass is 10.1. The lowest BCUT2D eigenvalue weighted by Gasteiger charge is -2.06. The van der Waals surface area contributed by atoms with Gasteiger partial charge in [0, 0.05) is 0 Å². The standard InChI is InChI=1S/C20H16N6O/c1-14-2-3-15(21)4-13-20(14)25-24-18-7-5-16(6-8-18)22-23-17-9-11-19(26-27)12-10-17/h4-14,21,24H,1H3. The van der Waals surface area contributed by atoms with Crippen LogP contribution in [-0.4, -0.2) is 11.4 Å². The third kappa shape index (κ3) is 5.03. The van der Waals surface area contributed by atoms with Crippen molar-refractivity contribution in [3.8, 4) is 11.8 Å². The largest absolute Gasteiger partial charge is 0.292 e. The zero-order valence-corrected chi connectivity index (χ0v) is 14.5. The Morgan fingerprint density at radius 1 is 0.926 bits per heavy atom. The molecule has 0 saturated heterocycles. The summed E-state index contributed by atoms with van der Waals surface area (Å²) in [7, 11) is 0. The number of azo groups is 1. The first-order chi connectivity index (χ1) is 13.1. The van der Waals surface area contributed by atoms with Crippen LogP contribution in [0.4, 0.5) is 22.7 Å².